The van der Waals surface area contributed by atoms with Crippen LogP contribution in [0.2, 0.25) is 0 Å². The van der Waals surface area contributed by atoms with Crippen molar-refractivity contribution in [1.29, 1.82) is 0 Å². The molecule has 0 aromatic heterocycles. The van der Waals surface area contributed by atoms with Crippen LogP contribution in [0, 0.1) is 0 Å². The predicted octanol–water partition coefficient (Wildman–Crippen LogP) is 2.47. The van der Waals surface area contributed by atoms with Crippen LogP contribution in [0.4, 0.5) is 0 Å². The summed E-state index contributed by atoms with van der Waals surface area (Å²) in [5.41, 5.74) is 0. The van der Waals surface area contributed by atoms with Crippen LogP contribution >= 0.6 is 0 Å². The molecule has 3 saturated heterocycles. The van der Waals surface area contributed by atoms with E-state index in [9.17, 15) is 0 Å². The van der Waals surface area contributed by atoms with Crippen LogP contribution in [0.1, 0.15) is 58.3 Å². The average Bonchev–Trinajstić information content (AvgIpc) is 2.83. The summed E-state index contributed by atoms with van der Waals surface area (Å²) in [5, 5.41) is 3.79. The highest BCUT2D eigenvalue weighted by molar-refractivity contribution is 4.95. The molecular formula is C17H33N3. The number of piperidine rings is 2. The van der Waals surface area contributed by atoms with Gasteiger partial charge in [0.1, 0.15) is 0 Å². The van der Waals surface area contributed by atoms with Gasteiger partial charge in [-0.15, -0.1) is 0 Å². The topological polar surface area (TPSA) is 18.5 Å². The van der Waals surface area contributed by atoms with Gasteiger partial charge in [-0.1, -0.05) is 13.3 Å². The molecule has 3 rings (SSSR count). The van der Waals surface area contributed by atoms with Crippen molar-refractivity contribution in [3.63, 3.8) is 0 Å². The van der Waals surface area contributed by atoms with Gasteiger partial charge in [-0.2, -0.15) is 0 Å². The Morgan fingerprint density at radius 2 is 1.70 bits per heavy atom. The largest absolute Gasteiger partial charge is 0.311 e. The van der Waals surface area contributed by atoms with E-state index in [0.717, 1.165) is 18.1 Å². The van der Waals surface area contributed by atoms with E-state index in [4.69, 9.17) is 0 Å². The third-order valence-electron chi connectivity index (χ3n) is 5.63. The Balaban J connectivity index is 1.49. The van der Waals surface area contributed by atoms with Gasteiger partial charge in [-0.3, -0.25) is 4.90 Å². The Morgan fingerprint density at radius 1 is 1.00 bits per heavy atom. The molecule has 3 nitrogen and oxygen atoms in total. The van der Waals surface area contributed by atoms with Crippen molar-refractivity contribution in [1.82, 2.24) is 15.1 Å². The second-order valence-corrected chi connectivity index (χ2v) is 7.20. The standard InChI is InChI=1S/C17H33N3/c1-2-8-20(12-11-19-9-4-3-5-10-19)17-13-15-6-7-16(14-17)18-15/h15-18H,2-14H2,1H3. The number of hydrogen-bond donors (Lipinski definition) is 1. The molecule has 3 heterocycles. The van der Waals surface area contributed by atoms with Gasteiger partial charge in [0.15, 0.2) is 0 Å². The van der Waals surface area contributed by atoms with Crippen LogP contribution in [0.3, 0.4) is 0 Å². The van der Waals surface area contributed by atoms with Crippen LogP contribution in [-0.2, 0) is 0 Å². The zero-order valence-electron chi connectivity index (χ0n) is 13.3. The highest BCUT2D eigenvalue weighted by Gasteiger charge is 2.35. The van der Waals surface area contributed by atoms with Crippen molar-refractivity contribution >= 4 is 0 Å². The molecule has 0 spiro atoms. The van der Waals surface area contributed by atoms with E-state index in [1.54, 1.807) is 0 Å². The molecule has 0 aromatic carbocycles. The van der Waals surface area contributed by atoms with Gasteiger partial charge in [0.25, 0.3) is 0 Å². The van der Waals surface area contributed by atoms with E-state index >= 15 is 0 Å². The highest BCUT2D eigenvalue weighted by Crippen LogP contribution is 2.29. The second kappa shape index (κ2) is 7.24. The van der Waals surface area contributed by atoms with Crippen molar-refractivity contribution in [2.24, 2.45) is 0 Å². The van der Waals surface area contributed by atoms with Crippen LogP contribution < -0.4 is 5.32 Å². The van der Waals surface area contributed by atoms with Crippen molar-refractivity contribution < 1.29 is 0 Å². The highest BCUT2D eigenvalue weighted by atomic mass is 15.2. The Bertz CT molecular complexity index is 276. The maximum atomic E-state index is 3.79. The third-order valence-corrected chi connectivity index (χ3v) is 5.63. The van der Waals surface area contributed by atoms with Crippen molar-refractivity contribution in [2.45, 2.75) is 76.4 Å². The van der Waals surface area contributed by atoms with Gasteiger partial charge in [-0.25, -0.2) is 0 Å². The van der Waals surface area contributed by atoms with E-state index in [2.05, 4.69) is 22.0 Å². The zero-order valence-corrected chi connectivity index (χ0v) is 13.3. The molecule has 0 saturated carbocycles. The smallest absolute Gasteiger partial charge is 0.0125 e. The number of nitrogens with zero attached hydrogens (tertiary/aromatic N) is 2. The molecule has 0 aromatic rings. The second-order valence-electron chi connectivity index (χ2n) is 7.20. The first-order valence-corrected chi connectivity index (χ1v) is 9.07. The Morgan fingerprint density at radius 3 is 2.35 bits per heavy atom. The molecule has 2 bridgehead atoms. The summed E-state index contributed by atoms with van der Waals surface area (Å²) in [5.74, 6) is 0. The van der Waals surface area contributed by atoms with Crippen LogP contribution in [0.5, 0.6) is 0 Å². The Hall–Kier alpha value is -0.120. The molecule has 116 valence electrons. The van der Waals surface area contributed by atoms with E-state index in [1.807, 2.05) is 0 Å². The van der Waals surface area contributed by atoms with Crippen molar-refractivity contribution in [2.75, 3.05) is 32.7 Å². The fourth-order valence-electron chi connectivity index (χ4n) is 4.54. The summed E-state index contributed by atoms with van der Waals surface area (Å²) in [6.45, 7) is 8.94. The van der Waals surface area contributed by atoms with Gasteiger partial charge in [0, 0.05) is 31.2 Å². The SMILES string of the molecule is CCCN(CCN1CCCCC1)C1CC2CCC(C1)N2. The Labute approximate surface area is 125 Å². The first-order valence-electron chi connectivity index (χ1n) is 9.07. The molecule has 3 aliphatic heterocycles. The fraction of sp³-hybridized carbons (Fsp3) is 1.00. The number of hydrogen-bond acceptors (Lipinski definition) is 3. The first-order chi connectivity index (χ1) is 9.85. The van der Waals surface area contributed by atoms with Crippen molar-refractivity contribution in [3.8, 4) is 0 Å². The van der Waals surface area contributed by atoms with E-state index < -0.39 is 0 Å². The van der Waals surface area contributed by atoms with Crippen LogP contribution in [-0.4, -0.2) is 60.6 Å². The summed E-state index contributed by atoms with van der Waals surface area (Å²) < 4.78 is 0. The van der Waals surface area contributed by atoms with E-state index in [1.165, 1.54) is 84.1 Å². The lowest BCUT2D eigenvalue weighted by molar-refractivity contribution is 0.115. The quantitative estimate of drug-likeness (QED) is 0.806. The molecule has 0 aliphatic carbocycles. The zero-order chi connectivity index (χ0) is 13.8. The number of rotatable bonds is 6. The number of likely N-dealkylation sites (tertiary alicyclic amines) is 1. The first kappa shape index (κ1) is 14.8. The van der Waals surface area contributed by atoms with Gasteiger partial charge < -0.3 is 10.2 Å². The third kappa shape index (κ3) is 3.75. The molecular weight excluding hydrogens is 246 g/mol. The minimum Gasteiger partial charge on any atom is -0.311 e. The molecule has 3 heteroatoms. The summed E-state index contributed by atoms with van der Waals surface area (Å²) in [7, 11) is 0. The van der Waals surface area contributed by atoms with Crippen molar-refractivity contribution in [3.05, 3.63) is 0 Å². The maximum Gasteiger partial charge on any atom is 0.0125 e. The lowest BCUT2D eigenvalue weighted by Gasteiger charge is -2.39. The van der Waals surface area contributed by atoms with E-state index in [-0.39, 0.29) is 0 Å². The van der Waals surface area contributed by atoms with E-state index in [0.29, 0.717) is 0 Å². The molecule has 20 heavy (non-hydrogen) atoms. The number of nitrogens with one attached hydrogen (secondary N) is 1. The summed E-state index contributed by atoms with van der Waals surface area (Å²) in [4.78, 5) is 5.52. The molecule has 3 aliphatic rings. The number of fused-ring (bicyclic) bond motifs is 2. The molecule has 2 atom stereocenters. The average molecular weight is 279 g/mol. The summed E-state index contributed by atoms with van der Waals surface area (Å²) in [6.07, 6.45) is 11.2. The summed E-state index contributed by atoms with van der Waals surface area (Å²) >= 11 is 0. The summed E-state index contributed by atoms with van der Waals surface area (Å²) in [6, 6.07) is 2.51. The lowest BCUT2D eigenvalue weighted by Crippen LogP contribution is -2.50. The predicted molar refractivity (Wildman–Crippen MR) is 85.1 cm³/mol. The Kier molecular flexibility index (Phi) is 5.36. The van der Waals surface area contributed by atoms with Crippen LogP contribution in [0.25, 0.3) is 0 Å². The van der Waals surface area contributed by atoms with Gasteiger partial charge in [0.2, 0.25) is 0 Å². The maximum absolute atomic E-state index is 3.79. The molecule has 0 amide bonds. The minimum absolute atomic E-state index is 0.827. The minimum atomic E-state index is 0.827. The molecule has 0 radical (unpaired) electrons. The van der Waals surface area contributed by atoms with Crippen LogP contribution in [0.15, 0.2) is 0 Å². The molecule has 2 unspecified atom stereocenters. The normalized spacial score (nSPS) is 34.8. The monoisotopic (exact) mass is 279 g/mol. The lowest BCUT2D eigenvalue weighted by atomic mass is 9.98. The molecule has 3 fully saturated rings. The fourth-order valence-corrected chi connectivity index (χ4v) is 4.54. The van der Waals surface area contributed by atoms with Gasteiger partial charge >= 0.3 is 0 Å². The van der Waals surface area contributed by atoms with Gasteiger partial charge in [0.05, 0.1) is 0 Å². The molecule has 1 N–H and O–H groups in total. The van der Waals surface area contributed by atoms with Gasteiger partial charge in [-0.05, 0) is 64.6 Å².